The van der Waals surface area contributed by atoms with E-state index in [0.717, 1.165) is 38.5 Å². The highest BCUT2D eigenvalue weighted by atomic mass is 19.2. The van der Waals surface area contributed by atoms with Gasteiger partial charge in [0.15, 0.2) is 0 Å². The van der Waals surface area contributed by atoms with Gasteiger partial charge in [-0.1, -0.05) is 71.1 Å². The Labute approximate surface area is 134 Å². The fourth-order valence-electron chi connectivity index (χ4n) is 2.63. The van der Waals surface area contributed by atoms with E-state index in [2.05, 4.69) is 6.92 Å². The number of carboxylic acid groups (broad SMARTS) is 1. The van der Waals surface area contributed by atoms with E-state index in [1.54, 1.807) is 0 Å². The number of unbranched alkanes of at least 4 members (excludes halogenated alkanes) is 9. The van der Waals surface area contributed by atoms with Crippen LogP contribution in [0.25, 0.3) is 0 Å². The lowest BCUT2D eigenvalue weighted by Crippen LogP contribution is -2.17. The molecule has 2 atom stereocenters. The summed E-state index contributed by atoms with van der Waals surface area (Å²) in [6.45, 7) is 2.16. The van der Waals surface area contributed by atoms with Gasteiger partial charge in [0.1, 0.15) is 12.3 Å². The Morgan fingerprint density at radius 3 is 1.64 bits per heavy atom. The molecule has 0 heterocycles. The second kappa shape index (κ2) is 15.2. The number of aliphatic carboxylic acids is 1. The van der Waals surface area contributed by atoms with Crippen molar-refractivity contribution < 1.29 is 18.7 Å². The topological polar surface area (TPSA) is 37.3 Å². The van der Waals surface area contributed by atoms with Gasteiger partial charge in [0.2, 0.25) is 0 Å². The molecule has 22 heavy (non-hydrogen) atoms. The number of rotatable bonds is 16. The molecule has 0 bridgehead atoms. The van der Waals surface area contributed by atoms with Crippen LogP contribution in [-0.4, -0.2) is 23.4 Å². The molecule has 0 radical (unpaired) electrons. The van der Waals surface area contributed by atoms with E-state index < -0.39 is 18.3 Å². The van der Waals surface area contributed by atoms with Gasteiger partial charge < -0.3 is 5.11 Å². The van der Waals surface area contributed by atoms with Crippen molar-refractivity contribution in [2.75, 3.05) is 0 Å². The molecule has 0 aromatic heterocycles. The molecule has 0 saturated heterocycles. The molecule has 0 rings (SSSR count). The van der Waals surface area contributed by atoms with Crippen LogP contribution in [0.1, 0.15) is 96.8 Å². The molecule has 0 aliphatic heterocycles. The van der Waals surface area contributed by atoms with Gasteiger partial charge in [0, 0.05) is 6.42 Å². The molecule has 132 valence electrons. The van der Waals surface area contributed by atoms with E-state index in [1.807, 2.05) is 0 Å². The molecule has 0 aliphatic carbocycles. The summed E-state index contributed by atoms with van der Waals surface area (Å²) in [6, 6.07) is 0. The number of carbonyl (C=O) groups is 1. The zero-order valence-corrected chi connectivity index (χ0v) is 14.2. The average Bonchev–Trinajstić information content (AvgIpc) is 2.49. The van der Waals surface area contributed by atoms with Crippen LogP contribution < -0.4 is 0 Å². The summed E-state index contributed by atoms with van der Waals surface area (Å²) in [4.78, 5) is 10.3. The molecule has 0 amide bonds. The minimum absolute atomic E-state index is 0.205. The van der Waals surface area contributed by atoms with Crippen molar-refractivity contribution in [2.45, 2.75) is 109 Å². The first-order chi connectivity index (χ1) is 10.6. The van der Waals surface area contributed by atoms with Crippen molar-refractivity contribution in [3.8, 4) is 0 Å². The zero-order valence-electron chi connectivity index (χ0n) is 14.2. The van der Waals surface area contributed by atoms with Gasteiger partial charge in [-0.3, -0.25) is 4.79 Å². The van der Waals surface area contributed by atoms with Crippen molar-refractivity contribution in [3.05, 3.63) is 0 Å². The normalized spacial score (nSPS) is 14.0. The smallest absolute Gasteiger partial charge is 0.303 e. The van der Waals surface area contributed by atoms with E-state index in [0.29, 0.717) is 25.7 Å². The van der Waals surface area contributed by atoms with Crippen LogP contribution in [0.3, 0.4) is 0 Å². The summed E-state index contributed by atoms with van der Waals surface area (Å²) in [5.41, 5.74) is 0. The Hall–Kier alpha value is -0.670. The van der Waals surface area contributed by atoms with Crippen molar-refractivity contribution in [1.29, 1.82) is 0 Å². The maximum absolute atomic E-state index is 13.7. The Morgan fingerprint density at radius 2 is 1.18 bits per heavy atom. The van der Waals surface area contributed by atoms with Gasteiger partial charge in [-0.2, -0.15) is 0 Å². The number of hydrogen-bond donors (Lipinski definition) is 1. The molecule has 0 saturated carbocycles. The lowest BCUT2D eigenvalue weighted by atomic mass is 10.0. The second-order valence-corrected chi connectivity index (χ2v) is 6.29. The van der Waals surface area contributed by atoms with Crippen LogP contribution in [0.15, 0.2) is 0 Å². The third-order valence-corrected chi connectivity index (χ3v) is 4.10. The van der Waals surface area contributed by atoms with Crippen LogP contribution in [0, 0.1) is 0 Å². The summed E-state index contributed by atoms with van der Waals surface area (Å²) >= 11 is 0. The maximum Gasteiger partial charge on any atom is 0.303 e. The van der Waals surface area contributed by atoms with E-state index in [1.165, 1.54) is 19.3 Å². The van der Waals surface area contributed by atoms with E-state index in [9.17, 15) is 13.6 Å². The highest BCUT2D eigenvalue weighted by Crippen LogP contribution is 2.19. The third kappa shape index (κ3) is 14.3. The first-order valence-corrected chi connectivity index (χ1v) is 9.07. The Bertz CT molecular complexity index is 259. The van der Waals surface area contributed by atoms with E-state index in [4.69, 9.17) is 5.11 Å². The van der Waals surface area contributed by atoms with Gasteiger partial charge >= 0.3 is 5.97 Å². The average molecular weight is 320 g/mol. The summed E-state index contributed by atoms with van der Waals surface area (Å²) in [6.07, 6.45) is 8.82. The molecule has 2 unspecified atom stereocenters. The number of hydrogen-bond acceptors (Lipinski definition) is 1. The number of carboxylic acids is 1. The summed E-state index contributed by atoms with van der Waals surface area (Å²) in [5.74, 6) is -0.765. The third-order valence-electron chi connectivity index (χ3n) is 4.10. The SMILES string of the molecule is CCCCCCCCC(F)C(F)CCCCCCCC(=O)O. The zero-order chi connectivity index (χ0) is 16.6. The lowest BCUT2D eigenvalue weighted by Gasteiger charge is -2.13. The first kappa shape index (κ1) is 21.3. The van der Waals surface area contributed by atoms with Crippen LogP contribution in [0.2, 0.25) is 0 Å². The molecule has 0 spiro atoms. The summed E-state index contributed by atoms with van der Waals surface area (Å²) < 4.78 is 27.3. The Kier molecular flexibility index (Phi) is 14.8. The van der Waals surface area contributed by atoms with Gasteiger partial charge in [0.25, 0.3) is 0 Å². The van der Waals surface area contributed by atoms with Gasteiger partial charge in [0.05, 0.1) is 0 Å². The standard InChI is InChI=1S/C18H34F2O2/c1-2-3-4-5-7-10-13-16(19)17(20)14-11-8-6-9-12-15-18(21)22/h16-17H,2-15H2,1H3,(H,21,22). The molecular weight excluding hydrogens is 286 g/mol. The first-order valence-electron chi connectivity index (χ1n) is 9.07. The van der Waals surface area contributed by atoms with E-state index >= 15 is 0 Å². The van der Waals surface area contributed by atoms with Gasteiger partial charge in [-0.05, 0) is 19.3 Å². The van der Waals surface area contributed by atoms with Crippen molar-refractivity contribution in [2.24, 2.45) is 0 Å². The Morgan fingerprint density at radius 1 is 0.773 bits per heavy atom. The van der Waals surface area contributed by atoms with Gasteiger partial charge in [-0.25, -0.2) is 8.78 Å². The molecule has 0 aromatic carbocycles. The summed E-state index contributed by atoms with van der Waals surface area (Å²) in [7, 11) is 0. The number of halogens is 2. The maximum atomic E-state index is 13.7. The lowest BCUT2D eigenvalue weighted by molar-refractivity contribution is -0.137. The molecule has 0 aliphatic rings. The van der Waals surface area contributed by atoms with Crippen LogP contribution in [-0.2, 0) is 4.79 Å². The van der Waals surface area contributed by atoms with Crippen LogP contribution in [0.5, 0.6) is 0 Å². The monoisotopic (exact) mass is 320 g/mol. The molecule has 0 fully saturated rings. The summed E-state index contributed by atoms with van der Waals surface area (Å²) in [5, 5.41) is 8.49. The molecular formula is C18H34F2O2. The highest BCUT2D eigenvalue weighted by molar-refractivity contribution is 5.66. The minimum atomic E-state index is -1.32. The predicted molar refractivity (Wildman–Crippen MR) is 87.7 cm³/mol. The number of alkyl halides is 2. The van der Waals surface area contributed by atoms with Crippen molar-refractivity contribution in [1.82, 2.24) is 0 Å². The van der Waals surface area contributed by atoms with Crippen molar-refractivity contribution in [3.63, 3.8) is 0 Å². The molecule has 2 nitrogen and oxygen atoms in total. The molecule has 4 heteroatoms. The minimum Gasteiger partial charge on any atom is -0.481 e. The largest absolute Gasteiger partial charge is 0.481 e. The highest BCUT2D eigenvalue weighted by Gasteiger charge is 2.19. The van der Waals surface area contributed by atoms with Crippen LogP contribution in [0.4, 0.5) is 8.78 Å². The predicted octanol–water partition coefficient (Wildman–Crippen LogP) is 6.23. The Balaban J connectivity index is 3.38. The molecule has 0 aromatic rings. The van der Waals surface area contributed by atoms with Gasteiger partial charge in [-0.15, -0.1) is 0 Å². The van der Waals surface area contributed by atoms with Crippen molar-refractivity contribution >= 4 is 5.97 Å². The van der Waals surface area contributed by atoms with Crippen LogP contribution >= 0.6 is 0 Å². The second-order valence-electron chi connectivity index (χ2n) is 6.29. The quantitative estimate of drug-likeness (QED) is 0.342. The fraction of sp³-hybridized carbons (Fsp3) is 0.944. The fourth-order valence-corrected chi connectivity index (χ4v) is 2.63. The molecule has 1 N–H and O–H groups in total. The van der Waals surface area contributed by atoms with E-state index in [-0.39, 0.29) is 6.42 Å².